The minimum Gasteiger partial charge on any atom is -0.330 e. The highest BCUT2D eigenvalue weighted by atomic mass is 16.2. The molecule has 6 nitrogen and oxygen atoms in total. The van der Waals surface area contributed by atoms with E-state index in [1.807, 2.05) is 78.9 Å². The molecular weight excluding hydrogens is 388 g/mol. The van der Waals surface area contributed by atoms with Crippen LogP contribution in [0.3, 0.4) is 0 Å². The van der Waals surface area contributed by atoms with Crippen molar-refractivity contribution < 1.29 is 9.59 Å². The van der Waals surface area contributed by atoms with Gasteiger partial charge < -0.3 is 16.0 Å². The third-order valence-corrected chi connectivity index (χ3v) is 5.35. The van der Waals surface area contributed by atoms with Crippen LogP contribution in [0.1, 0.15) is 23.5 Å². The number of rotatable bonds is 6. The summed E-state index contributed by atoms with van der Waals surface area (Å²) in [5.41, 5.74) is 10.3. The lowest BCUT2D eigenvalue weighted by molar-refractivity contribution is -0.118. The molecule has 1 aliphatic rings. The molecule has 3 N–H and O–H groups in total. The normalized spacial score (nSPS) is 15.4. The van der Waals surface area contributed by atoms with Gasteiger partial charge in [-0.3, -0.25) is 14.6 Å². The number of carbonyl (C=O) groups excluding carboxylic acids is 2. The number of para-hydroxylation sites is 1. The number of aliphatic imine (C=N–C) groups is 1. The summed E-state index contributed by atoms with van der Waals surface area (Å²) in [4.78, 5) is 31.4. The van der Waals surface area contributed by atoms with E-state index in [1.54, 1.807) is 11.9 Å². The smallest absolute Gasteiger partial charge is 0.238 e. The average Bonchev–Trinajstić information content (AvgIpc) is 3.13. The molecule has 0 aromatic heterocycles. The number of hydrogen-bond donors (Lipinski definition) is 2. The molecule has 0 fully saturated rings. The van der Waals surface area contributed by atoms with E-state index in [0.29, 0.717) is 24.4 Å². The number of anilines is 2. The first kappa shape index (κ1) is 20.5. The Balaban J connectivity index is 1.72. The number of amides is 2. The number of carbonyl (C=O) groups is 2. The molecule has 31 heavy (non-hydrogen) atoms. The van der Waals surface area contributed by atoms with Gasteiger partial charge in [0, 0.05) is 31.4 Å². The molecule has 0 aliphatic carbocycles. The van der Waals surface area contributed by atoms with Gasteiger partial charge in [0.25, 0.3) is 0 Å². The van der Waals surface area contributed by atoms with Gasteiger partial charge >= 0.3 is 0 Å². The zero-order chi connectivity index (χ0) is 21.8. The zero-order valence-electron chi connectivity index (χ0n) is 17.3. The zero-order valence-corrected chi connectivity index (χ0v) is 17.3. The van der Waals surface area contributed by atoms with Crippen molar-refractivity contribution in [2.45, 2.75) is 12.3 Å². The highest BCUT2D eigenvalue weighted by Crippen LogP contribution is 2.36. The molecular formula is C25H24N4O2. The van der Waals surface area contributed by atoms with Crippen LogP contribution in [0.15, 0.2) is 83.9 Å². The maximum absolute atomic E-state index is 12.9. The molecule has 4 rings (SSSR count). The average molecular weight is 412 g/mol. The minimum absolute atomic E-state index is 0.0389. The molecule has 2 amide bonds. The van der Waals surface area contributed by atoms with Crippen molar-refractivity contribution in [2.24, 2.45) is 10.7 Å². The number of benzene rings is 3. The molecule has 0 bridgehead atoms. The van der Waals surface area contributed by atoms with E-state index in [9.17, 15) is 9.59 Å². The van der Waals surface area contributed by atoms with Gasteiger partial charge in [-0.1, -0.05) is 48.5 Å². The molecule has 3 aromatic rings. The van der Waals surface area contributed by atoms with Crippen molar-refractivity contribution in [1.82, 2.24) is 0 Å². The standard InChI is InChI=1S/C25H24N4O2/c1-29(22(30)15-16-26)19-13-11-18(12-14-19)27-24(17-7-3-2-4-8-17)23-20-9-5-6-10-21(20)28-25(23)31/h2-14,23H,15-16,26H2,1H3,(H,28,31). The summed E-state index contributed by atoms with van der Waals surface area (Å²) < 4.78 is 0. The van der Waals surface area contributed by atoms with Crippen LogP contribution in [0.5, 0.6) is 0 Å². The van der Waals surface area contributed by atoms with Gasteiger partial charge in [-0.2, -0.15) is 0 Å². The highest BCUT2D eigenvalue weighted by Gasteiger charge is 2.35. The molecule has 1 heterocycles. The fraction of sp³-hybridized carbons (Fsp3) is 0.160. The Morgan fingerprint density at radius 2 is 1.68 bits per heavy atom. The van der Waals surface area contributed by atoms with Gasteiger partial charge in [0.15, 0.2) is 0 Å². The molecule has 1 atom stereocenters. The van der Waals surface area contributed by atoms with Crippen LogP contribution in [0.2, 0.25) is 0 Å². The third kappa shape index (κ3) is 4.25. The summed E-state index contributed by atoms with van der Waals surface area (Å²) in [6, 6.07) is 24.8. The Labute approximate surface area is 181 Å². The molecule has 0 spiro atoms. The van der Waals surface area contributed by atoms with E-state index in [-0.39, 0.29) is 11.8 Å². The van der Waals surface area contributed by atoms with Crippen LogP contribution >= 0.6 is 0 Å². The second-order valence-corrected chi connectivity index (χ2v) is 7.38. The molecule has 0 saturated heterocycles. The van der Waals surface area contributed by atoms with Gasteiger partial charge in [0.05, 0.1) is 11.4 Å². The van der Waals surface area contributed by atoms with Crippen LogP contribution < -0.4 is 16.0 Å². The van der Waals surface area contributed by atoms with Crippen molar-refractivity contribution in [3.8, 4) is 0 Å². The topological polar surface area (TPSA) is 87.8 Å². The molecule has 6 heteroatoms. The van der Waals surface area contributed by atoms with Crippen molar-refractivity contribution in [3.63, 3.8) is 0 Å². The summed E-state index contributed by atoms with van der Waals surface area (Å²) in [6.07, 6.45) is 0.296. The Morgan fingerprint density at radius 1 is 1.00 bits per heavy atom. The first-order valence-electron chi connectivity index (χ1n) is 10.2. The van der Waals surface area contributed by atoms with E-state index < -0.39 is 5.92 Å². The number of nitrogens with two attached hydrogens (primary N) is 1. The fourth-order valence-corrected chi connectivity index (χ4v) is 3.71. The second kappa shape index (κ2) is 8.93. The van der Waals surface area contributed by atoms with Gasteiger partial charge in [-0.25, -0.2) is 0 Å². The lowest BCUT2D eigenvalue weighted by Gasteiger charge is -2.17. The van der Waals surface area contributed by atoms with Crippen LogP contribution in [-0.4, -0.2) is 31.1 Å². The second-order valence-electron chi connectivity index (χ2n) is 7.38. The Bertz CT molecular complexity index is 1120. The van der Waals surface area contributed by atoms with E-state index in [2.05, 4.69) is 5.32 Å². The summed E-state index contributed by atoms with van der Waals surface area (Å²) in [6.45, 7) is 0.316. The molecule has 0 radical (unpaired) electrons. The van der Waals surface area contributed by atoms with E-state index >= 15 is 0 Å². The lowest BCUT2D eigenvalue weighted by atomic mass is 9.90. The molecule has 156 valence electrons. The maximum atomic E-state index is 12.9. The largest absolute Gasteiger partial charge is 0.330 e. The van der Waals surface area contributed by atoms with E-state index in [0.717, 1.165) is 22.5 Å². The molecule has 3 aromatic carbocycles. The maximum Gasteiger partial charge on any atom is 0.238 e. The quantitative estimate of drug-likeness (QED) is 0.603. The Morgan fingerprint density at radius 3 is 2.39 bits per heavy atom. The SMILES string of the molecule is CN(C(=O)CCN)c1ccc(N=C(c2ccccc2)C2C(=O)Nc3ccccc32)cc1. The lowest BCUT2D eigenvalue weighted by Crippen LogP contribution is -2.27. The predicted octanol–water partition coefficient (Wildman–Crippen LogP) is 3.85. The minimum atomic E-state index is -0.493. The van der Waals surface area contributed by atoms with Gasteiger partial charge in [-0.05, 0) is 41.5 Å². The van der Waals surface area contributed by atoms with E-state index in [1.165, 1.54) is 0 Å². The Hall–Kier alpha value is -3.77. The van der Waals surface area contributed by atoms with Gasteiger partial charge in [0.1, 0.15) is 5.92 Å². The number of fused-ring (bicyclic) bond motifs is 1. The van der Waals surface area contributed by atoms with Gasteiger partial charge in [0.2, 0.25) is 11.8 Å². The predicted molar refractivity (Wildman–Crippen MR) is 124 cm³/mol. The summed E-state index contributed by atoms with van der Waals surface area (Å²) >= 11 is 0. The van der Waals surface area contributed by atoms with Crippen molar-refractivity contribution in [2.75, 3.05) is 23.8 Å². The first-order valence-corrected chi connectivity index (χ1v) is 10.2. The molecule has 1 aliphatic heterocycles. The summed E-state index contributed by atoms with van der Waals surface area (Å²) in [7, 11) is 1.73. The Kier molecular flexibility index (Phi) is 5.91. The summed E-state index contributed by atoms with van der Waals surface area (Å²) in [5, 5.41) is 2.96. The number of nitrogens with one attached hydrogen (secondary N) is 1. The fourth-order valence-electron chi connectivity index (χ4n) is 3.71. The van der Waals surface area contributed by atoms with Crippen molar-refractivity contribution in [3.05, 3.63) is 90.0 Å². The molecule has 0 saturated carbocycles. The van der Waals surface area contributed by atoms with Crippen LogP contribution in [0.4, 0.5) is 17.1 Å². The third-order valence-electron chi connectivity index (χ3n) is 5.35. The van der Waals surface area contributed by atoms with Crippen molar-refractivity contribution >= 4 is 34.6 Å². The molecule has 1 unspecified atom stereocenters. The number of hydrogen-bond acceptors (Lipinski definition) is 4. The summed E-state index contributed by atoms with van der Waals surface area (Å²) in [5.74, 6) is -0.623. The van der Waals surface area contributed by atoms with E-state index in [4.69, 9.17) is 10.7 Å². The number of nitrogens with zero attached hydrogens (tertiary/aromatic N) is 2. The highest BCUT2D eigenvalue weighted by molar-refractivity contribution is 6.24. The monoisotopic (exact) mass is 412 g/mol. The van der Waals surface area contributed by atoms with Crippen LogP contribution in [0, 0.1) is 0 Å². The van der Waals surface area contributed by atoms with Gasteiger partial charge in [-0.15, -0.1) is 0 Å². The van der Waals surface area contributed by atoms with Crippen molar-refractivity contribution in [1.29, 1.82) is 0 Å². The first-order chi connectivity index (χ1) is 15.1. The van der Waals surface area contributed by atoms with Crippen LogP contribution in [0.25, 0.3) is 0 Å². The van der Waals surface area contributed by atoms with Crippen LogP contribution in [-0.2, 0) is 9.59 Å².